The van der Waals surface area contributed by atoms with E-state index >= 15 is 0 Å². The first kappa shape index (κ1) is 22.6. The van der Waals surface area contributed by atoms with Gasteiger partial charge < -0.3 is 5.32 Å². The van der Waals surface area contributed by atoms with E-state index in [0.29, 0.717) is 16.9 Å². The molecule has 2 amide bonds. The summed E-state index contributed by atoms with van der Waals surface area (Å²) in [7, 11) is 0. The van der Waals surface area contributed by atoms with Crippen LogP contribution in [0.5, 0.6) is 0 Å². The maximum Gasteiger partial charge on any atom is 0.329 e. The number of nitrogens with one attached hydrogen (secondary N) is 2. The van der Waals surface area contributed by atoms with E-state index in [1.807, 2.05) is 60.8 Å². The predicted molar refractivity (Wildman–Crippen MR) is 135 cm³/mol. The summed E-state index contributed by atoms with van der Waals surface area (Å²) in [5.74, 6) is -1.70. The minimum absolute atomic E-state index is 0.504. The second kappa shape index (κ2) is 10.4. The maximum absolute atomic E-state index is 12.2. The molecule has 0 bridgehead atoms. The summed E-state index contributed by atoms with van der Waals surface area (Å²) in [5, 5.41) is 11.2. The summed E-state index contributed by atoms with van der Waals surface area (Å²) in [5.41, 5.74) is 5.89. The molecule has 0 aliphatic carbocycles. The lowest BCUT2D eigenvalue weighted by atomic mass is 10.1. The van der Waals surface area contributed by atoms with Gasteiger partial charge in [-0.05, 0) is 48.5 Å². The fourth-order valence-electron chi connectivity index (χ4n) is 2.96. The standard InChI is InChI=1S/C24H17Br2N5O2/c25-18-8-6-16(7-9-18)22-17(15-31(30-22)21-4-2-1-3-5-21)14-27-29-24(33)23(32)28-20-12-10-19(26)11-13-20/h1-15H,(H,28,32)(H,29,33)/b27-14+. The van der Waals surface area contributed by atoms with Crippen LogP contribution in [-0.4, -0.2) is 27.8 Å². The van der Waals surface area contributed by atoms with Gasteiger partial charge in [0.2, 0.25) is 0 Å². The Morgan fingerprint density at radius 1 is 0.848 bits per heavy atom. The smallest absolute Gasteiger partial charge is 0.318 e. The highest BCUT2D eigenvalue weighted by molar-refractivity contribution is 9.10. The summed E-state index contributed by atoms with van der Waals surface area (Å²) in [6.45, 7) is 0. The van der Waals surface area contributed by atoms with Crippen LogP contribution < -0.4 is 10.7 Å². The van der Waals surface area contributed by atoms with Crippen LogP contribution in [0.2, 0.25) is 0 Å². The molecule has 0 spiro atoms. The van der Waals surface area contributed by atoms with E-state index in [4.69, 9.17) is 5.10 Å². The maximum atomic E-state index is 12.2. The van der Waals surface area contributed by atoms with Gasteiger partial charge in [-0.2, -0.15) is 10.2 Å². The number of aromatic nitrogens is 2. The fraction of sp³-hybridized carbons (Fsp3) is 0. The molecule has 33 heavy (non-hydrogen) atoms. The number of nitrogens with zero attached hydrogens (tertiary/aromatic N) is 3. The lowest BCUT2D eigenvalue weighted by Gasteiger charge is -2.03. The lowest BCUT2D eigenvalue weighted by molar-refractivity contribution is -0.136. The topological polar surface area (TPSA) is 88.4 Å². The Morgan fingerprint density at radius 3 is 2.15 bits per heavy atom. The van der Waals surface area contributed by atoms with E-state index < -0.39 is 11.8 Å². The SMILES string of the molecule is O=C(N/N=C/c1cn(-c2ccccc2)nc1-c1ccc(Br)cc1)C(=O)Nc1ccc(Br)cc1. The Kier molecular flexibility index (Phi) is 7.11. The molecule has 0 aliphatic rings. The van der Waals surface area contributed by atoms with Crippen molar-refractivity contribution < 1.29 is 9.59 Å². The molecule has 0 saturated heterocycles. The number of hydrogen-bond acceptors (Lipinski definition) is 4. The number of carbonyl (C=O) groups is 2. The molecule has 2 N–H and O–H groups in total. The third-order valence-corrected chi connectivity index (χ3v) is 5.62. The first-order valence-corrected chi connectivity index (χ1v) is 11.4. The monoisotopic (exact) mass is 565 g/mol. The van der Waals surface area contributed by atoms with Crippen molar-refractivity contribution in [1.82, 2.24) is 15.2 Å². The highest BCUT2D eigenvalue weighted by Gasteiger charge is 2.14. The van der Waals surface area contributed by atoms with E-state index in [1.54, 1.807) is 28.9 Å². The van der Waals surface area contributed by atoms with Gasteiger partial charge in [-0.25, -0.2) is 10.1 Å². The summed E-state index contributed by atoms with van der Waals surface area (Å²) in [6, 6.07) is 24.3. The average Bonchev–Trinajstić information content (AvgIpc) is 3.25. The molecular weight excluding hydrogens is 550 g/mol. The van der Waals surface area contributed by atoms with Crippen molar-refractivity contribution in [2.24, 2.45) is 5.10 Å². The molecule has 0 aliphatic heterocycles. The second-order valence-electron chi connectivity index (χ2n) is 6.88. The third-order valence-electron chi connectivity index (χ3n) is 4.56. The van der Waals surface area contributed by atoms with Crippen molar-refractivity contribution in [3.8, 4) is 16.9 Å². The highest BCUT2D eigenvalue weighted by atomic mass is 79.9. The summed E-state index contributed by atoms with van der Waals surface area (Å²) >= 11 is 6.76. The van der Waals surface area contributed by atoms with E-state index in [9.17, 15) is 9.59 Å². The number of hydrazone groups is 1. The Morgan fingerprint density at radius 2 is 1.48 bits per heavy atom. The zero-order chi connectivity index (χ0) is 23.2. The molecule has 0 fully saturated rings. The minimum atomic E-state index is -0.880. The van der Waals surface area contributed by atoms with Gasteiger partial charge in [-0.15, -0.1) is 0 Å². The minimum Gasteiger partial charge on any atom is -0.318 e. The molecule has 7 nitrogen and oxygen atoms in total. The lowest BCUT2D eigenvalue weighted by Crippen LogP contribution is -2.32. The Labute approximate surface area is 206 Å². The Bertz CT molecular complexity index is 1300. The van der Waals surface area contributed by atoms with Gasteiger partial charge in [-0.1, -0.05) is 62.2 Å². The first-order valence-electron chi connectivity index (χ1n) is 9.80. The largest absolute Gasteiger partial charge is 0.329 e. The molecule has 0 unspecified atom stereocenters. The van der Waals surface area contributed by atoms with Gasteiger partial charge in [0.1, 0.15) is 5.69 Å². The van der Waals surface area contributed by atoms with E-state index in [1.165, 1.54) is 6.21 Å². The van der Waals surface area contributed by atoms with Crippen LogP contribution in [-0.2, 0) is 9.59 Å². The Hall–Kier alpha value is -3.56. The molecule has 1 aromatic heterocycles. The molecule has 0 saturated carbocycles. The quantitative estimate of drug-likeness (QED) is 0.199. The molecule has 0 radical (unpaired) electrons. The molecular formula is C24H17Br2N5O2. The number of hydrogen-bond donors (Lipinski definition) is 2. The molecule has 9 heteroatoms. The van der Waals surface area contributed by atoms with Crippen molar-refractivity contribution in [3.05, 3.63) is 99.6 Å². The van der Waals surface area contributed by atoms with Gasteiger partial charge in [0, 0.05) is 32.0 Å². The van der Waals surface area contributed by atoms with Crippen molar-refractivity contribution in [2.75, 3.05) is 5.32 Å². The number of benzene rings is 3. The average molecular weight is 567 g/mol. The van der Waals surface area contributed by atoms with Gasteiger partial charge in [0.15, 0.2) is 0 Å². The van der Waals surface area contributed by atoms with Crippen molar-refractivity contribution in [1.29, 1.82) is 0 Å². The van der Waals surface area contributed by atoms with Crippen LogP contribution in [0.15, 0.2) is 99.1 Å². The van der Waals surface area contributed by atoms with Crippen molar-refractivity contribution in [3.63, 3.8) is 0 Å². The number of para-hydroxylation sites is 1. The molecule has 1 heterocycles. The van der Waals surface area contributed by atoms with Crippen LogP contribution in [0.4, 0.5) is 5.69 Å². The highest BCUT2D eigenvalue weighted by Crippen LogP contribution is 2.24. The zero-order valence-electron chi connectivity index (χ0n) is 17.1. The Balaban J connectivity index is 1.52. The molecule has 4 aromatic rings. The van der Waals surface area contributed by atoms with Crippen LogP contribution in [0, 0.1) is 0 Å². The van der Waals surface area contributed by atoms with E-state index in [0.717, 1.165) is 20.2 Å². The van der Waals surface area contributed by atoms with Gasteiger partial charge in [0.25, 0.3) is 0 Å². The summed E-state index contributed by atoms with van der Waals surface area (Å²) in [4.78, 5) is 24.3. The van der Waals surface area contributed by atoms with Crippen LogP contribution in [0.25, 0.3) is 16.9 Å². The molecule has 0 atom stereocenters. The van der Waals surface area contributed by atoms with Crippen LogP contribution in [0.1, 0.15) is 5.56 Å². The second-order valence-corrected chi connectivity index (χ2v) is 8.71. The fourth-order valence-corrected chi connectivity index (χ4v) is 3.49. The zero-order valence-corrected chi connectivity index (χ0v) is 20.2. The summed E-state index contributed by atoms with van der Waals surface area (Å²) < 4.78 is 3.56. The van der Waals surface area contributed by atoms with Crippen LogP contribution in [0.3, 0.4) is 0 Å². The van der Waals surface area contributed by atoms with Gasteiger partial charge in [0.05, 0.1) is 11.9 Å². The summed E-state index contributed by atoms with van der Waals surface area (Å²) in [6.07, 6.45) is 3.28. The van der Waals surface area contributed by atoms with Crippen molar-refractivity contribution in [2.45, 2.75) is 0 Å². The van der Waals surface area contributed by atoms with E-state index in [2.05, 4.69) is 47.7 Å². The number of rotatable bonds is 5. The van der Waals surface area contributed by atoms with Gasteiger partial charge in [-0.3, -0.25) is 9.59 Å². The van der Waals surface area contributed by atoms with E-state index in [-0.39, 0.29) is 0 Å². The predicted octanol–water partition coefficient (Wildman–Crippen LogP) is 5.15. The molecule has 3 aromatic carbocycles. The number of amides is 2. The third kappa shape index (κ3) is 5.82. The number of anilines is 1. The van der Waals surface area contributed by atoms with Gasteiger partial charge >= 0.3 is 11.8 Å². The molecule has 164 valence electrons. The number of halogens is 2. The first-order chi connectivity index (χ1) is 16.0. The number of carbonyl (C=O) groups excluding carboxylic acids is 2. The van der Waals surface area contributed by atoms with Crippen LogP contribution >= 0.6 is 31.9 Å². The normalized spacial score (nSPS) is 10.8. The molecule has 4 rings (SSSR count). The van der Waals surface area contributed by atoms with Crippen molar-refractivity contribution >= 4 is 55.6 Å².